The summed E-state index contributed by atoms with van der Waals surface area (Å²) in [6.45, 7) is 9.75. The molecule has 0 unspecified atom stereocenters. The van der Waals surface area contributed by atoms with Gasteiger partial charge >= 0.3 is 0 Å². The number of aliphatic hydroxyl groups is 3. The summed E-state index contributed by atoms with van der Waals surface area (Å²) in [7, 11) is 0. The van der Waals surface area contributed by atoms with E-state index in [4.69, 9.17) is 4.74 Å². The van der Waals surface area contributed by atoms with Crippen molar-refractivity contribution in [1.82, 2.24) is 0 Å². The van der Waals surface area contributed by atoms with Crippen LogP contribution in [-0.2, 0) is 14.3 Å². The van der Waals surface area contributed by atoms with Gasteiger partial charge in [0, 0.05) is 11.5 Å². The molecule has 6 fully saturated rings. The summed E-state index contributed by atoms with van der Waals surface area (Å²) in [4.78, 5) is 27.3. The summed E-state index contributed by atoms with van der Waals surface area (Å²) in [6.07, 6.45) is 1.13. The number of hydrogen-bond donors (Lipinski definition) is 3. The minimum atomic E-state index is -2.03. The van der Waals surface area contributed by atoms with Crippen molar-refractivity contribution in [2.24, 2.45) is 39.9 Å². The first-order valence-electron chi connectivity index (χ1n) is 10.2. The third-order valence-corrected chi connectivity index (χ3v) is 9.13. The molecule has 8 atom stereocenters. The third-order valence-electron chi connectivity index (χ3n) is 9.13. The number of carbonyl (C=O) groups excluding carboxylic acids is 2. The van der Waals surface area contributed by atoms with Crippen LogP contribution in [0.2, 0.25) is 0 Å². The molecule has 2 aliphatic heterocycles. The van der Waals surface area contributed by atoms with E-state index in [-0.39, 0.29) is 30.0 Å². The van der Waals surface area contributed by atoms with Gasteiger partial charge in [-0.15, -0.1) is 0 Å². The molecule has 6 aliphatic rings. The topological polar surface area (TPSA) is 104 Å². The number of ketones is 2. The molecule has 0 aromatic carbocycles. The number of carbonyl (C=O) groups is 2. The molecule has 3 N–H and O–H groups in total. The second kappa shape index (κ2) is 4.97. The van der Waals surface area contributed by atoms with Crippen molar-refractivity contribution in [2.45, 2.75) is 51.9 Å². The van der Waals surface area contributed by atoms with Gasteiger partial charge in [0.05, 0.1) is 23.7 Å². The summed E-state index contributed by atoms with van der Waals surface area (Å²) in [5.41, 5.74) is -2.29. The molecule has 2 heterocycles. The van der Waals surface area contributed by atoms with Crippen LogP contribution in [0.1, 0.15) is 40.0 Å². The quantitative estimate of drug-likeness (QED) is 0.433. The second-order valence-electron chi connectivity index (χ2n) is 10.3. The Bertz CT molecular complexity index is 857. The fourth-order valence-corrected chi connectivity index (χ4v) is 8.30. The van der Waals surface area contributed by atoms with Crippen LogP contribution in [0.25, 0.3) is 0 Å². The molecule has 0 aromatic heterocycles. The molecule has 4 bridgehead atoms. The van der Waals surface area contributed by atoms with E-state index in [0.29, 0.717) is 24.0 Å². The Balaban J connectivity index is 1.84. The van der Waals surface area contributed by atoms with Gasteiger partial charge < -0.3 is 20.1 Å². The zero-order chi connectivity index (χ0) is 20.4. The van der Waals surface area contributed by atoms with Crippen LogP contribution < -0.4 is 0 Å². The Morgan fingerprint density at radius 2 is 1.89 bits per heavy atom. The van der Waals surface area contributed by atoms with E-state index in [9.17, 15) is 24.9 Å². The van der Waals surface area contributed by atoms with E-state index in [2.05, 4.69) is 6.58 Å². The summed E-state index contributed by atoms with van der Waals surface area (Å²) < 4.78 is 5.89. The zero-order valence-corrected chi connectivity index (χ0v) is 16.6. The highest BCUT2D eigenvalue weighted by atomic mass is 16.6. The average Bonchev–Trinajstić information content (AvgIpc) is 2.75. The summed E-state index contributed by atoms with van der Waals surface area (Å²) in [5.74, 6) is -3.90. The van der Waals surface area contributed by atoms with Gasteiger partial charge in [-0.2, -0.15) is 0 Å². The van der Waals surface area contributed by atoms with E-state index in [1.54, 1.807) is 0 Å². The molecule has 0 aromatic rings. The molecule has 152 valence electrons. The highest BCUT2D eigenvalue weighted by molar-refractivity contribution is 6.07. The maximum Gasteiger partial charge on any atom is 0.206 e. The molecule has 4 saturated carbocycles. The van der Waals surface area contributed by atoms with Crippen molar-refractivity contribution in [3.05, 3.63) is 24.0 Å². The maximum atomic E-state index is 13.7. The smallest absolute Gasteiger partial charge is 0.206 e. The van der Waals surface area contributed by atoms with Crippen LogP contribution in [0.5, 0.6) is 0 Å². The van der Waals surface area contributed by atoms with Crippen LogP contribution in [0.15, 0.2) is 24.0 Å². The van der Waals surface area contributed by atoms with E-state index in [1.807, 2.05) is 20.8 Å². The third kappa shape index (κ3) is 1.52. The van der Waals surface area contributed by atoms with Crippen LogP contribution in [-0.4, -0.2) is 45.4 Å². The molecule has 6 nitrogen and oxygen atoms in total. The van der Waals surface area contributed by atoms with Crippen molar-refractivity contribution >= 4 is 11.6 Å². The molecule has 4 aliphatic carbocycles. The number of ether oxygens (including phenoxy) is 1. The predicted molar refractivity (Wildman–Crippen MR) is 98.9 cm³/mol. The lowest BCUT2D eigenvalue weighted by molar-refractivity contribution is -0.432. The number of fused-ring (bicyclic) bond motifs is 2. The highest BCUT2D eigenvalue weighted by Gasteiger charge is 2.86. The van der Waals surface area contributed by atoms with Gasteiger partial charge in [0.1, 0.15) is 6.10 Å². The largest absolute Gasteiger partial charge is 0.515 e. The minimum absolute atomic E-state index is 0.0472. The standard InChI is InChI=1S/C22H28O6/c1-10-13-5-6-14-20-9-28-22(27,21(14,11(13)2)16(10)24)18(26)15(20)19(3,4)7-12(8-23)17(20)25/h8,11,13-15,18,23,26-27H,1,5-7,9H2,2-4H3/b12-8-/t11-,13+,14+,15-,18+,20+,21+,22-/m1/s1. The molecule has 28 heavy (non-hydrogen) atoms. The fourth-order valence-electron chi connectivity index (χ4n) is 8.30. The number of rotatable bonds is 0. The second-order valence-corrected chi connectivity index (χ2v) is 10.3. The van der Waals surface area contributed by atoms with E-state index < -0.39 is 40.0 Å². The summed E-state index contributed by atoms with van der Waals surface area (Å²) >= 11 is 0. The van der Waals surface area contributed by atoms with Crippen LogP contribution in [0, 0.1) is 39.9 Å². The van der Waals surface area contributed by atoms with E-state index in [1.165, 1.54) is 0 Å². The highest BCUT2D eigenvalue weighted by Crippen LogP contribution is 2.77. The van der Waals surface area contributed by atoms with E-state index >= 15 is 0 Å². The van der Waals surface area contributed by atoms with Gasteiger partial charge in [-0.05, 0) is 48.0 Å². The number of Topliss-reactive ketones (excluding diaryl/α,β-unsaturated/α-hetero) is 2. The molecule has 6 heteroatoms. The molecule has 2 saturated heterocycles. The normalized spacial score (nSPS) is 55.4. The summed E-state index contributed by atoms with van der Waals surface area (Å²) in [5, 5.41) is 33.0. The molecule has 0 radical (unpaired) electrons. The maximum absolute atomic E-state index is 13.7. The Labute approximate surface area is 164 Å². The van der Waals surface area contributed by atoms with Gasteiger partial charge in [-0.25, -0.2) is 0 Å². The van der Waals surface area contributed by atoms with Gasteiger partial charge in [-0.1, -0.05) is 27.4 Å². The average molecular weight is 388 g/mol. The van der Waals surface area contributed by atoms with Crippen LogP contribution >= 0.6 is 0 Å². The van der Waals surface area contributed by atoms with Crippen molar-refractivity contribution in [2.75, 3.05) is 6.61 Å². The zero-order valence-electron chi connectivity index (χ0n) is 16.6. The first kappa shape index (κ1) is 18.5. The lowest BCUT2D eigenvalue weighted by Gasteiger charge is -2.73. The number of hydrogen-bond acceptors (Lipinski definition) is 6. The SMILES string of the molecule is C=C1C(=O)[C@]23[C@H](C)[C@H]1CC[C@H]2[C@@]12CO[C@]3(O)[C@@H](O)[C@@H]1C(C)(C)C/C(=C/O)C2=O. The first-order valence-corrected chi connectivity index (χ1v) is 10.2. The number of allylic oxidation sites excluding steroid dienone is 2. The molecule has 0 amide bonds. The van der Waals surface area contributed by atoms with E-state index in [0.717, 1.165) is 12.7 Å². The van der Waals surface area contributed by atoms with Crippen LogP contribution in [0.3, 0.4) is 0 Å². The van der Waals surface area contributed by atoms with Gasteiger partial charge in [0.15, 0.2) is 11.6 Å². The van der Waals surface area contributed by atoms with Gasteiger partial charge in [0.2, 0.25) is 5.79 Å². The summed E-state index contributed by atoms with van der Waals surface area (Å²) in [6, 6.07) is 0. The Morgan fingerprint density at radius 1 is 1.21 bits per heavy atom. The lowest BCUT2D eigenvalue weighted by atomic mass is 9.34. The fraction of sp³-hybridized carbons (Fsp3) is 0.727. The van der Waals surface area contributed by atoms with Crippen LogP contribution in [0.4, 0.5) is 0 Å². The number of aliphatic hydroxyl groups excluding tert-OH is 2. The predicted octanol–water partition coefficient (Wildman–Crippen LogP) is 1.91. The van der Waals surface area contributed by atoms with Crippen molar-refractivity contribution in [3.8, 4) is 0 Å². The lowest BCUT2D eigenvalue weighted by Crippen LogP contribution is -2.84. The van der Waals surface area contributed by atoms with Crippen molar-refractivity contribution in [1.29, 1.82) is 0 Å². The van der Waals surface area contributed by atoms with Gasteiger partial charge in [-0.3, -0.25) is 9.59 Å². The molecule has 6 rings (SSSR count). The Kier molecular flexibility index (Phi) is 3.29. The molecular weight excluding hydrogens is 360 g/mol. The van der Waals surface area contributed by atoms with Crippen molar-refractivity contribution in [3.63, 3.8) is 0 Å². The minimum Gasteiger partial charge on any atom is -0.515 e. The Morgan fingerprint density at radius 3 is 2.54 bits per heavy atom. The van der Waals surface area contributed by atoms with Crippen molar-refractivity contribution < 1.29 is 29.6 Å². The Hall–Kier alpha value is -1.50. The molecule has 2 spiro atoms. The first-order chi connectivity index (χ1) is 13.0. The monoisotopic (exact) mass is 388 g/mol. The molecular formula is C22H28O6. The van der Waals surface area contributed by atoms with Gasteiger partial charge in [0.25, 0.3) is 0 Å².